The van der Waals surface area contributed by atoms with Crippen LogP contribution in [0.15, 0.2) is 65.7 Å². The van der Waals surface area contributed by atoms with E-state index in [-0.39, 0.29) is 69.7 Å². The van der Waals surface area contributed by atoms with E-state index in [9.17, 15) is 19.2 Å². The molecule has 1 N–H and O–H groups in total. The second-order valence-corrected chi connectivity index (χ2v) is 24.2. The predicted octanol–water partition coefficient (Wildman–Crippen LogP) is 11.0. The van der Waals surface area contributed by atoms with Gasteiger partial charge in [0.2, 0.25) is 11.8 Å². The van der Waals surface area contributed by atoms with Crippen molar-refractivity contribution in [3.63, 3.8) is 0 Å². The third kappa shape index (κ3) is 5.98. The molecule has 67 heavy (non-hydrogen) atoms. The van der Waals surface area contributed by atoms with E-state index in [1.165, 1.54) is 27.9 Å². The van der Waals surface area contributed by atoms with E-state index < -0.39 is 10.8 Å². The zero-order valence-electron chi connectivity index (χ0n) is 40.7. The predicted molar refractivity (Wildman–Crippen MR) is 261 cm³/mol. The first kappa shape index (κ1) is 43.2. The van der Waals surface area contributed by atoms with Crippen molar-refractivity contribution in [1.82, 2.24) is 19.8 Å². The Morgan fingerprint density at radius 1 is 0.672 bits per heavy atom. The van der Waals surface area contributed by atoms with Crippen LogP contribution in [-0.4, -0.2) is 68.0 Å². The number of hydrogen-bond acceptors (Lipinski definition) is 7. The molecule has 7 fully saturated rings. The summed E-state index contributed by atoms with van der Waals surface area (Å²) >= 11 is 0. The number of anilines is 1. The Morgan fingerprint density at radius 3 is 1.81 bits per heavy atom. The van der Waals surface area contributed by atoms with Crippen LogP contribution in [-0.2, 0) is 31.0 Å². The summed E-state index contributed by atoms with van der Waals surface area (Å²) < 4.78 is 0. The summed E-state index contributed by atoms with van der Waals surface area (Å²) in [6, 6.07) is 22.7. The molecule has 0 radical (unpaired) electrons. The normalized spacial score (nSPS) is 32.6. The highest BCUT2D eigenvalue weighted by atomic mass is 16.2. The van der Waals surface area contributed by atoms with Crippen LogP contribution in [0.1, 0.15) is 172 Å². The molecule has 2 amide bonds. The van der Waals surface area contributed by atoms with Gasteiger partial charge in [-0.05, 0) is 145 Å². The zero-order valence-corrected chi connectivity index (χ0v) is 40.7. The monoisotopic (exact) mass is 901 g/mol. The van der Waals surface area contributed by atoms with Crippen LogP contribution >= 0.6 is 0 Å². The number of carbonyl (C=O) groups excluding carboxylic acids is 4. The summed E-state index contributed by atoms with van der Waals surface area (Å²) in [6.07, 6.45) is 10.6. The molecule has 1 aromatic heterocycles. The molecule has 12 rings (SSSR count). The molecule has 4 saturated carbocycles. The number of hydrogen-bond donors (Lipinski definition) is 1. The first-order valence-corrected chi connectivity index (χ1v) is 25.7. The fourth-order valence-corrected chi connectivity index (χ4v) is 15.5. The molecule has 8 atom stereocenters. The molecule has 1 unspecified atom stereocenters. The van der Waals surface area contributed by atoms with Crippen molar-refractivity contribution in [1.29, 1.82) is 0 Å². The number of imidazole rings is 1. The highest BCUT2D eigenvalue weighted by Gasteiger charge is 2.70. The lowest BCUT2D eigenvalue weighted by atomic mass is 9.67. The number of fused-ring (bicyclic) bond motifs is 6. The smallest absolute Gasteiger partial charge is 0.237 e. The van der Waals surface area contributed by atoms with Gasteiger partial charge in [0.1, 0.15) is 28.2 Å². The number of amides is 2. The number of aromatic nitrogens is 2. The van der Waals surface area contributed by atoms with Gasteiger partial charge in [0, 0.05) is 43.8 Å². The Bertz CT molecular complexity index is 2790. The highest BCUT2D eigenvalue weighted by Crippen LogP contribution is 2.66. The summed E-state index contributed by atoms with van der Waals surface area (Å²) in [6.45, 7) is 16.7. The van der Waals surface area contributed by atoms with E-state index in [1.54, 1.807) is 0 Å². The molecule has 3 saturated heterocycles. The Hall–Kier alpha value is -5.12. The van der Waals surface area contributed by atoms with E-state index in [2.05, 4.69) is 124 Å². The number of benzene rings is 3. The minimum atomic E-state index is -0.910. The summed E-state index contributed by atoms with van der Waals surface area (Å²) in [7, 11) is 0. The molecule has 4 bridgehead atoms. The molecular weight excluding hydrogens is 833 g/mol. The third-order valence-corrected chi connectivity index (χ3v) is 19.7. The number of rotatable bonds is 7. The molecule has 4 aliphatic carbocycles. The number of H-pyrrole nitrogens is 1. The number of carbonyl (C=O) groups is 4. The molecule has 350 valence electrons. The van der Waals surface area contributed by atoms with E-state index >= 15 is 0 Å². The lowest BCUT2D eigenvalue weighted by Gasteiger charge is -2.39. The lowest BCUT2D eigenvalue weighted by Crippen LogP contribution is -2.54. The molecule has 4 aromatic rings. The van der Waals surface area contributed by atoms with Gasteiger partial charge in [0.25, 0.3) is 0 Å². The van der Waals surface area contributed by atoms with Crippen molar-refractivity contribution >= 4 is 51.5 Å². The molecule has 4 aliphatic heterocycles. The number of ketones is 2. The summed E-state index contributed by atoms with van der Waals surface area (Å²) in [5.74, 6) is 1.78. The van der Waals surface area contributed by atoms with E-state index in [4.69, 9.17) is 9.98 Å². The number of aromatic amines is 1. The van der Waals surface area contributed by atoms with Crippen molar-refractivity contribution in [2.45, 2.75) is 162 Å². The van der Waals surface area contributed by atoms with Gasteiger partial charge >= 0.3 is 0 Å². The summed E-state index contributed by atoms with van der Waals surface area (Å²) in [5.41, 5.74) is 7.77. The van der Waals surface area contributed by atoms with Crippen molar-refractivity contribution in [2.24, 2.45) is 38.5 Å². The van der Waals surface area contributed by atoms with Gasteiger partial charge in [0.05, 0.1) is 40.9 Å². The number of aliphatic imine (C=N–C) groups is 1. The average Bonchev–Trinajstić information content (AvgIpc) is 4.18. The third-order valence-electron chi connectivity index (χ3n) is 19.7. The maximum absolute atomic E-state index is 14.6. The highest BCUT2D eigenvalue weighted by molar-refractivity contribution is 6.11. The minimum Gasteiger partial charge on any atom is -0.357 e. The molecule has 5 heterocycles. The van der Waals surface area contributed by atoms with Crippen LogP contribution in [0.3, 0.4) is 0 Å². The zero-order chi connectivity index (χ0) is 46.6. The molecular formula is C57H68N6O4. The Labute approximate surface area is 395 Å². The van der Waals surface area contributed by atoms with Gasteiger partial charge in [-0.25, -0.2) is 4.98 Å². The van der Waals surface area contributed by atoms with Gasteiger partial charge in [-0.1, -0.05) is 78.8 Å². The van der Waals surface area contributed by atoms with Crippen LogP contribution in [0.4, 0.5) is 11.4 Å². The maximum atomic E-state index is 14.6. The fourth-order valence-electron chi connectivity index (χ4n) is 15.5. The van der Waals surface area contributed by atoms with Crippen LogP contribution in [0.5, 0.6) is 0 Å². The lowest BCUT2D eigenvalue weighted by molar-refractivity contribution is -0.155. The van der Waals surface area contributed by atoms with E-state index in [0.717, 1.165) is 86.0 Å². The van der Waals surface area contributed by atoms with Crippen molar-refractivity contribution in [3.05, 3.63) is 88.7 Å². The second-order valence-electron chi connectivity index (χ2n) is 24.2. The van der Waals surface area contributed by atoms with Gasteiger partial charge in [-0.2, -0.15) is 0 Å². The summed E-state index contributed by atoms with van der Waals surface area (Å²) in [4.78, 5) is 77.0. The summed E-state index contributed by atoms with van der Waals surface area (Å²) in [5, 5.41) is 0. The molecule has 0 spiro atoms. The second kappa shape index (κ2) is 14.7. The molecule has 3 aromatic carbocycles. The fraction of sp³-hybridized carbons (Fsp3) is 0.579. The Morgan fingerprint density at radius 2 is 1.24 bits per heavy atom. The number of nitrogens with zero attached hydrogens (tertiary/aromatic N) is 5. The molecule has 10 nitrogen and oxygen atoms in total. The largest absolute Gasteiger partial charge is 0.357 e. The number of likely N-dealkylation sites (tertiary alicyclic amines) is 2. The van der Waals surface area contributed by atoms with Gasteiger partial charge in [0.15, 0.2) is 0 Å². The Kier molecular flexibility index (Phi) is 9.47. The minimum absolute atomic E-state index is 0.0220. The van der Waals surface area contributed by atoms with Gasteiger partial charge in [-0.15, -0.1) is 0 Å². The maximum Gasteiger partial charge on any atom is 0.237 e. The van der Waals surface area contributed by atoms with Crippen LogP contribution < -0.4 is 4.90 Å². The quantitative estimate of drug-likeness (QED) is 0.185. The van der Waals surface area contributed by atoms with Crippen LogP contribution in [0.2, 0.25) is 0 Å². The Balaban J connectivity index is 0.824. The van der Waals surface area contributed by atoms with Crippen molar-refractivity contribution in [3.8, 4) is 0 Å². The SMILES string of the molecule is CC(C)(C)c1ccc(N2C(c3ccc4nc([C@@H]5CCCN5C(=O)[C@]56CC[C@H](CC5=O)C6(C)C)[nH]c4c3)CC[C@@H]2c2ccc3c(c2)CC([C@@H]2CCCN2C(=O)[C@]24CC[C@H](CC2=O)C4(C)C)=N3)cc1. The van der Waals surface area contributed by atoms with Crippen LogP contribution in [0.25, 0.3) is 11.0 Å². The number of Topliss-reactive ketones (excluding diaryl/α,β-unsaturated/α-hetero) is 2. The average molecular weight is 901 g/mol. The van der Waals surface area contributed by atoms with E-state index in [1.807, 2.05) is 4.90 Å². The van der Waals surface area contributed by atoms with Gasteiger partial charge < -0.3 is 19.7 Å². The number of nitrogens with one attached hydrogen (secondary N) is 1. The van der Waals surface area contributed by atoms with Crippen molar-refractivity contribution in [2.75, 3.05) is 18.0 Å². The van der Waals surface area contributed by atoms with E-state index in [0.29, 0.717) is 44.7 Å². The standard InChI is InChI=1S/C57H68N6O4/c1-53(2,3)36-14-16-39(17-15-36)63-44(33-12-18-40-35(28-33)30-43(58-40)46-10-8-26-61(46)51(66)56-24-22-37(31-48(56)64)54(56,4)5)20-21-45(63)34-13-19-41-42(29-34)60-50(59-41)47-11-9-27-62(47)52(67)57-25-23-38(32-49(57)65)55(57,6)7/h12-19,28-29,37-38,44-47H,8-11,20-27,30-32H2,1-7H3,(H,59,60)/t37-,38-,44-,45?,46+,47+,56+,57+/m1/s1. The topological polar surface area (TPSA) is 119 Å². The molecule has 10 heteroatoms. The first-order valence-electron chi connectivity index (χ1n) is 25.7. The molecule has 8 aliphatic rings. The van der Waals surface area contributed by atoms with Crippen LogP contribution in [0, 0.1) is 33.5 Å². The first-order chi connectivity index (χ1) is 31.9. The van der Waals surface area contributed by atoms with Crippen molar-refractivity contribution < 1.29 is 19.2 Å². The van der Waals surface area contributed by atoms with Gasteiger partial charge in [-0.3, -0.25) is 24.2 Å².